The molecule has 2 unspecified atom stereocenters. The predicted octanol–water partition coefficient (Wildman–Crippen LogP) is -0.567. The van der Waals surface area contributed by atoms with E-state index in [4.69, 9.17) is 5.11 Å². The molecule has 4 heteroatoms. The van der Waals surface area contributed by atoms with Crippen LogP contribution in [0, 0.1) is 0 Å². The van der Waals surface area contributed by atoms with Gasteiger partial charge in [-0.3, -0.25) is 0 Å². The summed E-state index contributed by atoms with van der Waals surface area (Å²) in [5.41, 5.74) is 0. The Bertz CT molecular complexity index is 150. The van der Waals surface area contributed by atoms with Crippen LogP contribution in [0.1, 0.15) is 0 Å². The van der Waals surface area contributed by atoms with Crippen molar-refractivity contribution in [1.29, 1.82) is 0 Å². The maximum atomic E-state index is 10.4. The van der Waals surface area contributed by atoms with Crippen molar-refractivity contribution in [3.63, 3.8) is 0 Å². The SMILES string of the molecule is C=CC(=O)OC(O)C1CO1. The third kappa shape index (κ3) is 1.82. The summed E-state index contributed by atoms with van der Waals surface area (Å²) < 4.78 is 9.05. The number of carbonyl (C=O) groups excluding carboxylic acids is 1. The van der Waals surface area contributed by atoms with Gasteiger partial charge in [0.1, 0.15) is 6.10 Å². The number of esters is 1. The van der Waals surface area contributed by atoms with Crippen LogP contribution in [-0.4, -0.2) is 30.1 Å². The number of ether oxygens (including phenoxy) is 2. The highest BCUT2D eigenvalue weighted by Crippen LogP contribution is 2.14. The van der Waals surface area contributed by atoms with E-state index in [0.717, 1.165) is 6.08 Å². The van der Waals surface area contributed by atoms with Gasteiger partial charge in [-0.05, 0) is 0 Å². The highest BCUT2D eigenvalue weighted by molar-refractivity contribution is 5.81. The van der Waals surface area contributed by atoms with Gasteiger partial charge in [0.25, 0.3) is 0 Å². The fourth-order valence-electron chi connectivity index (χ4n) is 0.463. The lowest BCUT2D eigenvalue weighted by atomic mass is 10.5. The Kier molecular flexibility index (Phi) is 2.03. The van der Waals surface area contributed by atoms with E-state index in [1.54, 1.807) is 0 Å². The molecule has 1 rings (SSSR count). The first-order valence-corrected chi connectivity index (χ1v) is 2.87. The average Bonchev–Trinajstić information content (AvgIpc) is 2.68. The van der Waals surface area contributed by atoms with E-state index in [1.807, 2.05) is 0 Å². The lowest BCUT2D eigenvalue weighted by Gasteiger charge is -2.05. The average molecular weight is 144 g/mol. The number of rotatable bonds is 3. The Morgan fingerprint density at radius 1 is 2.00 bits per heavy atom. The van der Waals surface area contributed by atoms with Crippen LogP contribution >= 0.6 is 0 Å². The molecule has 10 heavy (non-hydrogen) atoms. The van der Waals surface area contributed by atoms with E-state index in [-0.39, 0.29) is 6.10 Å². The Hall–Kier alpha value is -0.870. The normalized spacial score (nSPS) is 25.1. The van der Waals surface area contributed by atoms with E-state index in [1.165, 1.54) is 0 Å². The van der Waals surface area contributed by atoms with Crippen molar-refractivity contribution in [3.05, 3.63) is 12.7 Å². The van der Waals surface area contributed by atoms with Gasteiger partial charge in [0.2, 0.25) is 6.29 Å². The van der Waals surface area contributed by atoms with Gasteiger partial charge in [-0.1, -0.05) is 6.58 Å². The van der Waals surface area contributed by atoms with E-state index in [0.29, 0.717) is 6.61 Å². The van der Waals surface area contributed by atoms with Crippen LogP contribution in [0.5, 0.6) is 0 Å². The third-order valence-corrected chi connectivity index (χ3v) is 1.08. The molecule has 1 N–H and O–H groups in total. The summed E-state index contributed by atoms with van der Waals surface area (Å²) in [6.07, 6.45) is -0.472. The first-order chi connectivity index (χ1) is 4.74. The van der Waals surface area contributed by atoms with Crippen molar-refractivity contribution in [2.24, 2.45) is 0 Å². The molecule has 1 fully saturated rings. The monoisotopic (exact) mass is 144 g/mol. The van der Waals surface area contributed by atoms with Crippen LogP contribution in [0.2, 0.25) is 0 Å². The molecule has 0 aliphatic carbocycles. The Balaban J connectivity index is 2.22. The molecule has 0 saturated carbocycles. The molecule has 56 valence electrons. The smallest absolute Gasteiger partial charge is 0.332 e. The maximum Gasteiger partial charge on any atom is 0.332 e. The zero-order valence-corrected chi connectivity index (χ0v) is 5.32. The van der Waals surface area contributed by atoms with Crippen molar-refractivity contribution in [2.45, 2.75) is 12.4 Å². The lowest BCUT2D eigenvalue weighted by molar-refractivity contribution is -0.164. The van der Waals surface area contributed by atoms with Gasteiger partial charge in [-0.25, -0.2) is 4.79 Å². The largest absolute Gasteiger partial charge is 0.430 e. The topological polar surface area (TPSA) is 59.1 Å². The van der Waals surface area contributed by atoms with Crippen molar-refractivity contribution >= 4 is 5.97 Å². The second-order valence-electron chi connectivity index (χ2n) is 1.90. The molecule has 0 aromatic rings. The summed E-state index contributed by atoms with van der Waals surface area (Å²) in [6.45, 7) is 3.62. The summed E-state index contributed by atoms with van der Waals surface area (Å²) >= 11 is 0. The van der Waals surface area contributed by atoms with E-state index >= 15 is 0 Å². The molecule has 1 saturated heterocycles. The number of aliphatic hydroxyl groups is 1. The molecular formula is C6H8O4. The van der Waals surface area contributed by atoms with Crippen LogP contribution in [0.3, 0.4) is 0 Å². The van der Waals surface area contributed by atoms with Gasteiger partial charge in [-0.2, -0.15) is 0 Å². The van der Waals surface area contributed by atoms with Crippen molar-refractivity contribution in [1.82, 2.24) is 0 Å². The predicted molar refractivity (Wildman–Crippen MR) is 32.0 cm³/mol. The molecule has 2 atom stereocenters. The number of aliphatic hydroxyl groups excluding tert-OH is 1. The summed E-state index contributed by atoms with van der Waals surface area (Å²) in [6, 6.07) is 0. The molecule has 0 spiro atoms. The highest BCUT2D eigenvalue weighted by atomic mass is 16.7. The van der Waals surface area contributed by atoms with Crippen molar-refractivity contribution in [3.8, 4) is 0 Å². The molecule has 0 radical (unpaired) electrons. The van der Waals surface area contributed by atoms with Gasteiger partial charge >= 0.3 is 5.97 Å². The van der Waals surface area contributed by atoms with Crippen molar-refractivity contribution in [2.75, 3.05) is 6.61 Å². The van der Waals surface area contributed by atoms with Gasteiger partial charge < -0.3 is 14.6 Å². The molecule has 0 aromatic carbocycles. The number of epoxide rings is 1. The Morgan fingerprint density at radius 2 is 2.60 bits per heavy atom. The van der Waals surface area contributed by atoms with Crippen molar-refractivity contribution < 1.29 is 19.4 Å². The molecule has 1 aliphatic heterocycles. The minimum Gasteiger partial charge on any atom is -0.430 e. The van der Waals surface area contributed by atoms with E-state index in [2.05, 4.69) is 16.1 Å². The summed E-state index contributed by atoms with van der Waals surface area (Å²) in [5.74, 6) is -0.636. The summed E-state index contributed by atoms with van der Waals surface area (Å²) in [5, 5.41) is 8.87. The fraction of sp³-hybridized carbons (Fsp3) is 0.500. The molecule has 0 bridgehead atoms. The summed E-state index contributed by atoms with van der Waals surface area (Å²) in [7, 11) is 0. The van der Waals surface area contributed by atoms with Crippen LogP contribution in [-0.2, 0) is 14.3 Å². The molecule has 1 aliphatic rings. The highest BCUT2D eigenvalue weighted by Gasteiger charge is 2.33. The zero-order valence-electron chi connectivity index (χ0n) is 5.32. The lowest BCUT2D eigenvalue weighted by Crippen LogP contribution is -2.21. The number of hydrogen-bond acceptors (Lipinski definition) is 4. The second kappa shape index (κ2) is 2.81. The molecular weight excluding hydrogens is 136 g/mol. The van der Waals surface area contributed by atoms with Crippen LogP contribution in [0.4, 0.5) is 0 Å². The maximum absolute atomic E-state index is 10.4. The van der Waals surface area contributed by atoms with Crippen LogP contribution in [0.15, 0.2) is 12.7 Å². The molecule has 4 nitrogen and oxygen atoms in total. The minimum atomic E-state index is -1.13. The Morgan fingerprint density at radius 3 is 3.00 bits per heavy atom. The fourth-order valence-corrected chi connectivity index (χ4v) is 0.463. The first kappa shape index (κ1) is 7.24. The zero-order chi connectivity index (χ0) is 7.56. The van der Waals surface area contributed by atoms with Gasteiger partial charge in [0.05, 0.1) is 6.61 Å². The van der Waals surface area contributed by atoms with Gasteiger partial charge in [0.15, 0.2) is 0 Å². The molecule has 0 aromatic heterocycles. The van der Waals surface area contributed by atoms with Crippen LogP contribution < -0.4 is 0 Å². The van der Waals surface area contributed by atoms with Gasteiger partial charge in [0, 0.05) is 6.08 Å². The first-order valence-electron chi connectivity index (χ1n) is 2.87. The minimum absolute atomic E-state index is 0.330. The van der Waals surface area contributed by atoms with Crippen LogP contribution in [0.25, 0.3) is 0 Å². The molecule has 1 heterocycles. The number of carbonyl (C=O) groups is 1. The van der Waals surface area contributed by atoms with Gasteiger partial charge in [-0.15, -0.1) is 0 Å². The summed E-state index contributed by atoms with van der Waals surface area (Å²) in [4.78, 5) is 10.4. The third-order valence-electron chi connectivity index (χ3n) is 1.08. The second-order valence-corrected chi connectivity index (χ2v) is 1.90. The quantitative estimate of drug-likeness (QED) is 0.249. The standard InChI is InChI=1S/C6H8O4/c1-2-5(7)10-6(8)4-3-9-4/h2,4,6,8H,1,3H2. The Labute approximate surface area is 58.1 Å². The number of hydrogen-bond donors (Lipinski definition) is 1. The molecule has 0 amide bonds. The van der Waals surface area contributed by atoms with E-state index < -0.39 is 12.3 Å². The van der Waals surface area contributed by atoms with E-state index in [9.17, 15) is 4.79 Å².